The predicted molar refractivity (Wildman–Crippen MR) is 30.9 cm³/mol. The summed E-state index contributed by atoms with van der Waals surface area (Å²) in [6, 6.07) is 0.333. The van der Waals surface area contributed by atoms with Gasteiger partial charge < -0.3 is 14.8 Å². The first-order chi connectivity index (χ1) is 3.46. The Bertz CT molecular complexity index is 58.8. The Balaban J connectivity index is 0. The molecule has 5 heteroatoms. The molecular weight excluding hydrogens is 130 g/mol. The maximum atomic E-state index is 8.56. The van der Waals surface area contributed by atoms with Gasteiger partial charge in [-0.1, -0.05) is 13.8 Å². The zero-order chi connectivity index (χ0) is 7.15. The molecule has 0 saturated heterocycles. The molecule has 0 rings (SSSR count). The van der Waals surface area contributed by atoms with Crippen molar-refractivity contribution in [1.82, 2.24) is 0 Å². The fourth-order valence-electron chi connectivity index (χ4n) is 0. The van der Waals surface area contributed by atoms with E-state index in [4.69, 9.17) is 19.0 Å². The summed E-state index contributed by atoms with van der Waals surface area (Å²) in [5.74, 6) is 0. The van der Waals surface area contributed by atoms with Crippen molar-refractivity contribution in [3.63, 3.8) is 0 Å². The van der Waals surface area contributed by atoms with Gasteiger partial charge >= 0.3 is 0 Å². The third kappa shape index (κ3) is 170000. The summed E-state index contributed by atoms with van der Waals surface area (Å²) in [5.41, 5.74) is 5.11. The van der Waals surface area contributed by atoms with Crippen LogP contribution in [0.1, 0.15) is 13.8 Å². The molecule has 0 radical (unpaired) electrons. The fraction of sp³-hybridized carbons (Fsp3) is 1.00. The minimum atomic E-state index is -2.86. The first-order valence-electron chi connectivity index (χ1n) is 2.00. The van der Waals surface area contributed by atoms with Gasteiger partial charge in [-0.25, -0.2) is 4.21 Å². The third-order valence-electron chi connectivity index (χ3n) is 0. The van der Waals surface area contributed by atoms with Crippen LogP contribution >= 0.6 is 0 Å². The lowest BCUT2D eigenvalue weighted by atomic mass is 10.5. The molecule has 0 amide bonds. The van der Waals surface area contributed by atoms with Crippen LogP contribution in [-0.4, -0.2) is 19.4 Å². The maximum absolute atomic E-state index is 8.56. The molecule has 0 saturated carbocycles. The fourth-order valence-corrected chi connectivity index (χ4v) is 0. The van der Waals surface area contributed by atoms with Crippen molar-refractivity contribution in [2.75, 3.05) is 0 Å². The number of hydrogen-bond donors (Lipinski definition) is 2. The predicted octanol–water partition coefficient (Wildman–Crippen LogP) is -0.308. The highest BCUT2D eigenvalue weighted by atomic mass is 32.2. The largest absolute Gasteiger partial charge is 0.750 e. The molecule has 1 atom stereocenters. The first-order valence-corrected chi connectivity index (χ1v) is 3.04. The maximum Gasteiger partial charge on any atom is 0.0814 e. The molecule has 3 N–H and O–H groups in total. The van der Waals surface area contributed by atoms with E-state index in [0.717, 1.165) is 0 Å². The molecule has 0 heterocycles. The Labute approximate surface area is 51.2 Å². The van der Waals surface area contributed by atoms with Crippen molar-refractivity contribution in [1.29, 1.82) is 0 Å². The van der Waals surface area contributed by atoms with Gasteiger partial charge in [0.05, 0.1) is 11.4 Å². The quantitative estimate of drug-likeness (QED) is 0.452. The van der Waals surface area contributed by atoms with E-state index >= 15 is 0 Å². The molecule has 1 unspecified atom stereocenters. The zero-order valence-corrected chi connectivity index (χ0v) is 5.64. The number of rotatable bonds is 0. The van der Waals surface area contributed by atoms with Gasteiger partial charge in [0.25, 0.3) is 0 Å². The van der Waals surface area contributed by atoms with Gasteiger partial charge in [-0.15, -0.1) is 0 Å². The highest BCUT2D eigenvalue weighted by Crippen LogP contribution is 1.58. The second kappa shape index (κ2) is 7.03. The molecule has 0 aromatic heterocycles. The summed E-state index contributed by atoms with van der Waals surface area (Å²) >= 11 is -2.86. The van der Waals surface area contributed by atoms with E-state index in [-0.39, 0.29) is 0 Å². The molecule has 0 spiro atoms. The second-order valence-corrected chi connectivity index (χ2v) is 1.90. The highest BCUT2D eigenvalue weighted by Gasteiger charge is 1.67. The topological polar surface area (TPSA) is 86.4 Å². The zero-order valence-electron chi connectivity index (χ0n) is 4.83. The highest BCUT2D eigenvalue weighted by molar-refractivity contribution is 7.73. The Kier molecular flexibility index (Phi) is 9.59. The van der Waals surface area contributed by atoms with Crippen LogP contribution in [-0.2, 0) is 11.4 Å². The van der Waals surface area contributed by atoms with Gasteiger partial charge in [0.15, 0.2) is 0 Å². The molecular formula is C3H10NO3S-. The summed E-state index contributed by atoms with van der Waals surface area (Å²) in [6.07, 6.45) is 0. The van der Waals surface area contributed by atoms with Crippen molar-refractivity contribution in [3.8, 4) is 0 Å². The molecule has 0 aliphatic heterocycles. The Morgan fingerprint density at radius 3 is 1.75 bits per heavy atom. The van der Waals surface area contributed by atoms with Crippen LogP contribution in [0.2, 0.25) is 0 Å². The molecule has 0 aromatic rings. The lowest BCUT2D eigenvalue weighted by Crippen LogP contribution is -2.06. The van der Waals surface area contributed by atoms with E-state index in [1.165, 1.54) is 0 Å². The van der Waals surface area contributed by atoms with E-state index in [9.17, 15) is 0 Å². The average Bonchev–Trinajstić information content (AvgIpc) is 1.25. The Morgan fingerprint density at radius 2 is 1.75 bits per heavy atom. The monoisotopic (exact) mass is 140 g/mol. The Hall–Kier alpha value is 0.0300. The molecule has 0 aliphatic carbocycles. The standard InChI is InChI=1S/C3H9N.H2O3S/c1-3(2)4;1-4(2)3/h3H,4H2,1-2H3;(H2,1,2,3)/p-1. The molecule has 4 nitrogen and oxygen atoms in total. The lowest BCUT2D eigenvalue weighted by Gasteiger charge is -1.83. The Morgan fingerprint density at radius 1 is 1.75 bits per heavy atom. The molecule has 0 fully saturated rings. The summed E-state index contributed by atoms with van der Waals surface area (Å²) < 4.78 is 24.1. The third-order valence-corrected chi connectivity index (χ3v) is 0. The summed E-state index contributed by atoms with van der Waals surface area (Å²) in [5, 5.41) is 0. The summed E-state index contributed by atoms with van der Waals surface area (Å²) in [6.45, 7) is 3.89. The number of hydrogen-bond acceptors (Lipinski definition) is 3. The summed E-state index contributed by atoms with van der Waals surface area (Å²) in [7, 11) is 0. The van der Waals surface area contributed by atoms with E-state index in [1.54, 1.807) is 0 Å². The van der Waals surface area contributed by atoms with Crippen molar-refractivity contribution in [2.24, 2.45) is 5.73 Å². The normalized spacial score (nSPS) is 12.2. The molecule has 0 bridgehead atoms. The van der Waals surface area contributed by atoms with Crippen LogP contribution in [0.15, 0.2) is 0 Å². The first kappa shape index (κ1) is 10.9. The van der Waals surface area contributed by atoms with Gasteiger partial charge in [-0.2, -0.15) is 0 Å². The van der Waals surface area contributed by atoms with E-state index in [2.05, 4.69) is 0 Å². The van der Waals surface area contributed by atoms with Crippen LogP contribution in [0.25, 0.3) is 0 Å². The van der Waals surface area contributed by atoms with E-state index < -0.39 is 11.4 Å². The minimum absolute atomic E-state index is 0.333. The van der Waals surface area contributed by atoms with Crippen LogP contribution in [0, 0.1) is 0 Å². The SMILES string of the molecule is CC(C)N.O=S([O-])O. The van der Waals surface area contributed by atoms with Gasteiger partial charge in [-0.3, -0.25) is 0 Å². The van der Waals surface area contributed by atoms with Crippen LogP contribution in [0.3, 0.4) is 0 Å². The van der Waals surface area contributed by atoms with Crippen molar-refractivity contribution < 1.29 is 13.3 Å². The number of nitrogens with two attached hydrogens (primary N) is 1. The van der Waals surface area contributed by atoms with Gasteiger partial charge in [0.2, 0.25) is 0 Å². The minimum Gasteiger partial charge on any atom is -0.750 e. The summed E-state index contributed by atoms with van der Waals surface area (Å²) in [4.78, 5) is 0. The van der Waals surface area contributed by atoms with Crippen LogP contribution in [0.4, 0.5) is 0 Å². The van der Waals surface area contributed by atoms with Crippen molar-refractivity contribution in [2.45, 2.75) is 19.9 Å². The molecule has 8 heavy (non-hydrogen) atoms. The second-order valence-electron chi connectivity index (χ2n) is 1.46. The van der Waals surface area contributed by atoms with Crippen LogP contribution < -0.4 is 5.73 Å². The van der Waals surface area contributed by atoms with E-state index in [1.807, 2.05) is 13.8 Å². The molecule has 52 valence electrons. The van der Waals surface area contributed by atoms with Crippen molar-refractivity contribution in [3.05, 3.63) is 0 Å². The van der Waals surface area contributed by atoms with Gasteiger partial charge in [0.1, 0.15) is 0 Å². The van der Waals surface area contributed by atoms with Crippen LogP contribution in [0.5, 0.6) is 0 Å². The smallest absolute Gasteiger partial charge is 0.0814 e. The van der Waals surface area contributed by atoms with Gasteiger partial charge in [-0.05, 0) is 6.04 Å². The van der Waals surface area contributed by atoms with E-state index in [0.29, 0.717) is 6.04 Å². The average molecular weight is 140 g/mol. The molecule has 0 aliphatic rings. The molecule has 0 aromatic carbocycles. The lowest BCUT2D eigenvalue weighted by molar-refractivity contribution is 0.436. The van der Waals surface area contributed by atoms with Crippen molar-refractivity contribution >= 4 is 11.4 Å². The van der Waals surface area contributed by atoms with Gasteiger partial charge in [0, 0.05) is 0 Å².